The summed E-state index contributed by atoms with van der Waals surface area (Å²) in [5.74, 6) is 3.65. The maximum Gasteiger partial charge on any atom is 0.177 e. The number of hydrogen-bond acceptors (Lipinski definition) is 9. The molecule has 3 rings (SSSR count). The van der Waals surface area contributed by atoms with Crippen LogP contribution in [0.25, 0.3) is 0 Å². The van der Waals surface area contributed by atoms with Crippen LogP contribution in [0.1, 0.15) is 76.8 Å². The van der Waals surface area contributed by atoms with Crippen molar-refractivity contribution in [2.75, 3.05) is 0 Å². The van der Waals surface area contributed by atoms with E-state index in [1.54, 1.807) is 11.7 Å². The van der Waals surface area contributed by atoms with Crippen LogP contribution in [0.15, 0.2) is 0 Å². The number of tetrazole rings is 3. The minimum absolute atomic E-state index is 0.369. The van der Waals surface area contributed by atoms with Gasteiger partial charge in [0.15, 0.2) is 17.5 Å². The molecule has 0 radical (unpaired) electrons. The van der Waals surface area contributed by atoms with Gasteiger partial charge in [0.05, 0.1) is 7.05 Å². The zero-order valence-electron chi connectivity index (χ0n) is 16.7. The maximum absolute atomic E-state index is 4.00. The van der Waals surface area contributed by atoms with E-state index < -0.39 is 0 Å². The largest absolute Gasteiger partial charge is 0.232 e. The molecule has 0 amide bonds. The first-order chi connectivity index (χ1) is 12.2. The van der Waals surface area contributed by atoms with Crippen LogP contribution >= 0.6 is 0 Å². The summed E-state index contributed by atoms with van der Waals surface area (Å²) in [6.07, 6.45) is 0. The molecule has 26 heavy (non-hydrogen) atoms. The van der Waals surface area contributed by atoms with Gasteiger partial charge in [0.2, 0.25) is 0 Å². The number of aryl methyl sites for hydroxylation is 2. The van der Waals surface area contributed by atoms with Gasteiger partial charge in [-0.05, 0) is 15.6 Å². The Hall–Kier alpha value is -2.79. The fourth-order valence-corrected chi connectivity index (χ4v) is 1.67. The third-order valence-electron chi connectivity index (χ3n) is 3.09. The van der Waals surface area contributed by atoms with Crippen molar-refractivity contribution in [3.63, 3.8) is 0 Å². The van der Waals surface area contributed by atoms with E-state index in [2.05, 4.69) is 65.4 Å². The molecular weight excluding hydrogens is 336 g/mol. The lowest BCUT2D eigenvalue weighted by Crippen LogP contribution is -2.00. The van der Waals surface area contributed by atoms with Crippen molar-refractivity contribution < 1.29 is 0 Å². The van der Waals surface area contributed by atoms with Crippen LogP contribution in [0.4, 0.5) is 0 Å². The van der Waals surface area contributed by atoms with Gasteiger partial charge in [0.1, 0.15) is 0 Å². The molecule has 0 unspecified atom stereocenters. The Morgan fingerprint density at radius 2 is 1.42 bits per heavy atom. The van der Waals surface area contributed by atoms with Gasteiger partial charge in [-0.25, -0.2) is 4.68 Å². The first kappa shape index (κ1) is 21.3. The van der Waals surface area contributed by atoms with Gasteiger partial charge in [-0.2, -0.15) is 10.0 Å². The molecule has 0 aliphatic carbocycles. The molecule has 12 nitrogen and oxygen atoms in total. The van der Waals surface area contributed by atoms with Gasteiger partial charge in [0, 0.05) is 24.8 Å². The Balaban J connectivity index is 0.000000195. The van der Waals surface area contributed by atoms with Gasteiger partial charge in [0.25, 0.3) is 0 Å². The third kappa shape index (κ3) is 6.99. The number of hydrogen-bond donors (Lipinski definition) is 1. The van der Waals surface area contributed by atoms with Gasteiger partial charge >= 0.3 is 0 Å². The van der Waals surface area contributed by atoms with Crippen LogP contribution in [-0.2, 0) is 14.1 Å². The second kappa shape index (κ2) is 10.3. The summed E-state index contributed by atoms with van der Waals surface area (Å²) in [5.41, 5.74) is 0. The Morgan fingerprint density at radius 3 is 1.65 bits per heavy atom. The summed E-state index contributed by atoms with van der Waals surface area (Å²) in [5, 5.41) is 35.9. The van der Waals surface area contributed by atoms with Crippen molar-refractivity contribution in [2.45, 2.75) is 59.3 Å². The molecule has 0 aliphatic rings. The zero-order valence-corrected chi connectivity index (χ0v) is 16.7. The van der Waals surface area contributed by atoms with Gasteiger partial charge in [-0.3, -0.25) is 0 Å². The van der Waals surface area contributed by atoms with E-state index in [-0.39, 0.29) is 0 Å². The van der Waals surface area contributed by atoms with Crippen LogP contribution < -0.4 is 0 Å². The number of nitrogens with one attached hydrogen (secondary N) is 1. The number of aromatic nitrogens is 12. The minimum Gasteiger partial charge on any atom is -0.232 e. The molecule has 0 fully saturated rings. The number of aromatic amines is 1. The smallest absolute Gasteiger partial charge is 0.177 e. The van der Waals surface area contributed by atoms with E-state index in [0.717, 1.165) is 17.5 Å². The van der Waals surface area contributed by atoms with Crippen molar-refractivity contribution in [3.8, 4) is 0 Å². The molecule has 0 atom stereocenters. The van der Waals surface area contributed by atoms with Gasteiger partial charge < -0.3 is 0 Å². The Kier molecular flexibility index (Phi) is 8.38. The summed E-state index contributed by atoms with van der Waals surface area (Å²) < 4.78 is 1.69. The Labute approximate surface area is 152 Å². The molecule has 3 aromatic rings. The molecule has 1 N–H and O–H groups in total. The van der Waals surface area contributed by atoms with E-state index in [1.807, 2.05) is 34.7 Å². The predicted molar refractivity (Wildman–Crippen MR) is 94.0 cm³/mol. The molecule has 0 spiro atoms. The van der Waals surface area contributed by atoms with E-state index in [1.165, 1.54) is 4.80 Å². The van der Waals surface area contributed by atoms with Crippen LogP contribution in [-0.4, -0.2) is 61.0 Å². The van der Waals surface area contributed by atoms with Crippen molar-refractivity contribution in [3.05, 3.63) is 17.5 Å². The van der Waals surface area contributed by atoms with Crippen molar-refractivity contribution in [1.29, 1.82) is 0 Å². The molecule has 0 bridgehead atoms. The average molecular weight is 364 g/mol. The lowest BCUT2D eigenvalue weighted by atomic mass is 10.2. The normalized spacial score (nSPS) is 10.6. The molecule has 0 aliphatic heterocycles. The van der Waals surface area contributed by atoms with E-state index in [9.17, 15) is 0 Å². The summed E-state index contributed by atoms with van der Waals surface area (Å²) in [4.78, 5) is 1.47. The SMILES string of the molecule is CC(C)c1nn[nH]n1.CC(C)c1nnn(C)n1.CC(C)c1nnnn1C. The highest BCUT2D eigenvalue weighted by Crippen LogP contribution is 2.06. The van der Waals surface area contributed by atoms with Crippen LogP contribution in [0.2, 0.25) is 0 Å². The van der Waals surface area contributed by atoms with E-state index >= 15 is 0 Å². The van der Waals surface area contributed by atoms with Gasteiger partial charge in [-0.15, -0.1) is 25.5 Å². The minimum atomic E-state index is 0.369. The molecular formula is C14H28N12. The first-order valence-corrected chi connectivity index (χ1v) is 8.41. The van der Waals surface area contributed by atoms with Crippen molar-refractivity contribution >= 4 is 0 Å². The second-order valence-electron chi connectivity index (χ2n) is 6.53. The topological polar surface area (TPSA) is 142 Å². The van der Waals surface area contributed by atoms with Crippen molar-refractivity contribution in [2.24, 2.45) is 14.1 Å². The molecule has 3 heterocycles. The number of H-pyrrole nitrogens is 1. The summed E-state index contributed by atoms with van der Waals surface area (Å²) >= 11 is 0. The molecule has 144 valence electrons. The highest BCUT2D eigenvalue weighted by molar-refractivity contribution is 4.86. The molecule has 0 saturated heterocycles. The zero-order chi connectivity index (χ0) is 19.7. The van der Waals surface area contributed by atoms with Crippen LogP contribution in [0, 0.1) is 0 Å². The average Bonchev–Trinajstić information content (AvgIpc) is 3.28. The molecule has 0 saturated carbocycles. The van der Waals surface area contributed by atoms with E-state index in [4.69, 9.17) is 0 Å². The van der Waals surface area contributed by atoms with E-state index in [0.29, 0.717) is 17.8 Å². The molecule has 0 aromatic carbocycles. The lowest BCUT2D eigenvalue weighted by Gasteiger charge is -1.98. The monoisotopic (exact) mass is 364 g/mol. The highest BCUT2D eigenvalue weighted by Gasteiger charge is 2.05. The standard InChI is InChI=1S/2C5H10N4.C4H8N4/c1-4(2)5-6-7-8-9(5)3;1-4(2)5-6-8-9(3)7-5;1-3(2)4-5-7-8-6-4/h2*4H,1-3H3;3H,1-2H3,(H,5,6,7,8). The van der Waals surface area contributed by atoms with Crippen LogP contribution in [0.3, 0.4) is 0 Å². The molecule has 3 aromatic heterocycles. The third-order valence-corrected chi connectivity index (χ3v) is 3.09. The van der Waals surface area contributed by atoms with Crippen molar-refractivity contribution in [1.82, 2.24) is 61.0 Å². The lowest BCUT2D eigenvalue weighted by molar-refractivity contribution is 0.625. The second-order valence-corrected chi connectivity index (χ2v) is 6.53. The molecule has 12 heteroatoms. The highest BCUT2D eigenvalue weighted by atomic mass is 15.6. The summed E-state index contributed by atoms with van der Waals surface area (Å²) in [6, 6.07) is 0. The quantitative estimate of drug-likeness (QED) is 0.719. The Bertz CT molecular complexity index is 725. The fourth-order valence-electron chi connectivity index (χ4n) is 1.67. The van der Waals surface area contributed by atoms with Crippen LogP contribution in [0.5, 0.6) is 0 Å². The predicted octanol–water partition coefficient (Wildman–Crippen LogP) is 0.990. The van der Waals surface area contributed by atoms with Gasteiger partial charge in [-0.1, -0.05) is 46.8 Å². The summed E-state index contributed by atoms with van der Waals surface area (Å²) in [7, 11) is 3.61. The Morgan fingerprint density at radius 1 is 0.769 bits per heavy atom. The first-order valence-electron chi connectivity index (χ1n) is 8.41. The summed E-state index contributed by atoms with van der Waals surface area (Å²) in [6.45, 7) is 12.2. The fraction of sp³-hybridized carbons (Fsp3) is 0.786. The maximum atomic E-state index is 4.00. The number of nitrogens with zero attached hydrogens (tertiary/aromatic N) is 11. The number of rotatable bonds is 3.